The minimum Gasteiger partial charge on any atom is -0.233 e. The summed E-state index contributed by atoms with van der Waals surface area (Å²) in [4.78, 5) is 2.43. The molecule has 0 amide bonds. The lowest BCUT2D eigenvalue weighted by atomic mass is 10.3. The Balaban J connectivity index is 2.74. The monoisotopic (exact) mass is 265 g/mol. The van der Waals surface area contributed by atoms with E-state index in [1.165, 1.54) is 6.92 Å². The van der Waals surface area contributed by atoms with Gasteiger partial charge < -0.3 is 0 Å². The summed E-state index contributed by atoms with van der Waals surface area (Å²) in [6.07, 6.45) is 1.04. The number of rotatable bonds is 1. The van der Waals surface area contributed by atoms with Gasteiger partial charge in [0, 0.05) is 6.20 Å². The van der Waals surface area contributed by atoms with Gasteiger partial charge in [0.2, 0.25) is 11.6 Å². The smallest absolute Gasteiger partial charge is 0.233 e. The molecule has 0 bridgehead atoms. The zero-order valence-electron chi connectivity index (χ0n) is 8.31. The van der Waals surface area contributed by atoms with Crippen molar-refractivity contribution in [3.8, 4) is 5.69 Å². The molecule has 2 aromatic rings. The van der Waals surface area contributed by atoms with E-state index in [0.29, 0.717) is 4.68 Å². The third-order valence-corrected chi connectivity index (χ3v) is 2.41. The van der Waals surface area contributed by atoms with E-state index < -0.39 is 29.2 Å². The average molecular weight is 266 g/mol. The molecule has 0 radical (unpaired) electrons. The van der Waals surface area contributed by atoms with Crippen molar-refractivity contribution in [1.29, 1.82) is 0 Å². The maximum atomic E-state index is 13.3. The summed E-state index contributed by atoms with van der Waals surface area (Å²) < 4.78 is 53.0. The standard InChI is InChI=1S/C9H4ClF4N3/c1-3-4(10)2-17(16-3)7-5(11)8(13)15-9(14)6(7)12/h2H,1H3. The normalized spacial score (nSPS) is 10.9. The van der Waals surface area contributed by atoms with E-state index in [0.717, 1.165) is 6.20 Å². The molecule has 0 unspecified atom stereocenters. The number of aromatic nitrogens is 3. The molecular weight excluding hydrogens is 262 g/mol. The summed E-state index contributed by atoms with van der Waals surface area (Å²) in [5.41, 5.74) is -0.729. The second-order valence-corrected chi connectivity index (χ2v) is 3.58. The van der Waals surface area contributed by atoms with Crippen molar-refractivity contribution in [2.45, 2.75) is 6.92 Å². The van der Waals surface area contributed by atoms with Gasteiger partial charge in [-0.25, -0.2) is 4.68 Å². The van der Waals surface area contributed by atoms with Gasteiger partial charge in [-0.1, -0.05) is 11.6 Å². The molecule has 2 heterocycles. The third-order valence-electron chi connectivity index (χ3n) is 2.04. The number of hydrogen-bond acceptors (Lipinski definition) is 2. The van der Waals surface area contributed by atoms with Crippen LogP contribution in [0.1, 0.15) is 5.69 Å². The second-order valence-electron chi connectivity index (χ2n) is 3.18. The van der Waals surface area contributed by atoms with Crippen molar-refractivity contribution >= 4 is 11.6 Å². The first-order chi connectivity index (χ1) is 7.91. The highest BCUT2D eigenvalue weighted by molar-refractivity contribution is 6.31. The minimum atomic E-state index is -1.75. The van der Waals surface area contributed by atoms with Crippen LogP contribution >= 0.6 is 11.6 Å². The molecular formula is C9H4ClF4N3. The third kappa shape index (κ3) is 1.86. The van der Waals surface area contributed by atoms with Gasteiger partial charge in [0.1, 0.15) is 5.69 Å². The summed E-state index contributed by atoms with van der Waals surface area (Å²) in [6.45, 7) is 1.47. The fourth-order valence-corrected chi connectivity index (χ4v) is 1.36. The van der Waals surface area contributed by atoms with Crippen LogP contribution in [0.3, 0.4) is 0 Å². The van der Waals surface area contributed by atoms with E-state index in [-0.39, 0.29) is 10.7 Å². The lowest BCUT2D eigenvalue weighted by Gasteiger charge is -2.05. The van der Waals surface area contributed by atoms with Crippen molar-refractivity contribution in [3.63, 3.8) is 0 Å². The molecule has 2 rings (SSSR count). The van der Waals surface area contributed by atoms with E-state index in [9.17, 15) is 17.6 Å². The molecule has 0 aliphatic heterocycles. The van der Waals surface area contributed by atoms with Crippen LogP contribution in [0.25, 0.3) is 5.69 Å². The largest absolute Gasteiger partial charge is 0.254 e. The van der Waals surface area contributed by atoms with Crippen LogP contribution in [0.2, 0.25) is 5.02 Å². The fraction of sp³-hybridized carbons (Fsp3) is 0.111. The highest BCUT2D eigenvalue weighted by Crippen LogP contribution is 2.23. The van der Waals surface area contributed by atoms with Crippen LogP contribution < -0.4 is 0 Å². The molecule has 3 nitrogen and oxygen atoms in total. The first kappa shape index (κ1) is 11.8. The van der Waals surface area contributed by atoms with Gasteiger partial charge in [0.15, 0.2) is 0 Å². The zero-order chi connectivity index (χ0) is 12.7. The quantitative estimate of drug-likeness (QED) is 0.586. The van der Waals surface area contributed by atoms with Gasteiger partial charge in [-0.05, 0) is 6.92 Å². The number of aryl methyl sites for hydroxylation is 1. The van der Waals surface area contributed by atoms with Crippen molar-refractivity contribution in [1.82, 2.24) is 14.8 Å². The summed E-state index contributed by atoms with van der Waals surface area (Å²) in [5, 5.41) is 3.74. The summed E-state index contributed by atoms with van der Waals surface area (Å²) >= 11 is 5.63. The summed E-state index contributed by atoms with van der Waals surface area (Å²) in [6, 6.07) is 0. The molecule has 8 heteroatoms. The number of halogens is 5. The number of pyridine rings is 1. The Morgan fingerprint density at radius 1 is 1.12 bits per heavy atom. The van der Waals surface area contributed by atoms with E-state index in [1.807, 2.05) is 0 Å². The van der Waals surface area contributed by atoms with Crippen LogP contribution in [-0.2, 0) is 0 Å². The highest BCUT2D eigenvalue weighted by Gasteiger charge is 2.23. The Labute approximate surface area is 97.6 Å². The number of nitrogens with zero attached hydrogens (tertiary/aromatic N) is 3. The highest BCUT2D eigenvalue weighted by atomic mass is 35.5. The molecule has 0 aromatic carbocycles. The van der Waals surface area contributed by atoms with Gasteiger partial charge in [0.05, 0.1) is 10.7 Å². The van der Waals surface area contributed by atoms with Crippen LogP contribution in [0.4, 0.5) is 17.6 Å². The molecule has 0 N–H and O–H groups in total. The minimum absolute atomic E-state index is 0.112. The SMILES string of the molecule is Cc1nn(-c2c(F)c(F)nc(F)c2F)cc1Cl. The Morgan fingerprint density at radius 3 is 2.06 bits per heavy atom. The molecule has 0 atom stereocenters. The van der Waals surface area contributed by atoms with Crippen molar-refractivity contribution < 1.29 is 17.6 Å². The molecule has 2 aromatic heterocycles. The maximum Gasteiger partial charge on any atom is 0.254 e. The van der Waals surface area contributed by atoms with Crippen LogP contribution in [0.15, 0.2) is 6.20 Å². The van der Waals surface area contributed by atoms with Gasteiger partial charge in [0.25, 0.3) is 11.9 Å². The van der Waals surface area contributed by atoms with Crippen LogP contribution in [-0.4, -0.2) is 14.8 Å². The van der Waals surface area contributed by atoms with Crippen molar-refractivity contribution in [2.75, 3.05) is 0 Å². The van der Waals surface area contributed by atoms with E-state index >= 15 is 0 Å². The van der Waals surface area contributed by atoms with Crippen LogP contribution in [0, 0.1) is 30.5 Å². The molecule has 90 valence electrons. The lowest BCUT2D eigenvalue weighted by molar-refractivity contribution is 0.400. The van der Waals surface area contributed by atoms with Crippen molar-refractivity contribution in [3.05, 3.63) is 40.4 Å². The first-order valence-corrected chi connectivity index (χ1v) is 4.71. The molecule has 0 saturated heterocycles. The predicted octanol–water partition coefficient (Wildman–Crippen LogP) is 2.79. The molecule has 0 spiro atoms. The predicted molar refractivity (Wildman–Crippen MR) is 50.9 cm³/mol. The molecule has 0 fully saturated rings. The lowest BCUT2D eigenvalue weighted by Crippen LogP contribution is -2.09. The Kier molecular flexibility index (Phi) is 2.78. The van der Waals surface area contributed by atoms with Crippen LogP contribution in [0.5, 0.6) is 0 Å². The molecule has 17 heavy (non-hydrogen) atoms. The molecule has 0 saturated carbocycles. The molecule has 0 aliphatic rings. The topological polar surface area (TPSA) is 30.7 Å². The Bertz CT molecular complexity index is 551. The Morgan fingerprint density at radius 2 is 1.65 bits per heavy atom. The maximum absolute atomic E-state index is 13.3. The van der Waals surface area contributed by atoms with Crippen molar-refractivity contribution in [2.24, 2.45) is 0 Å². The fourth-order valence-electron chi connectivity index (χ4n) is 1.23. The first-order valence-electron chi connectivity index (χ1n) is 4.34. The molecule has 0 aliphatic carbocycles. The van der Waals surface area contributed by atoms with Gasteiger partial charge >= 0.3 is 0 Å². The summed E-state index contributed by atoms with van der Waals surface area (Å²) in [5.74, 6) is -6.77. The van der Waals surface area contributed by atoms with Gasteiger partial charge in [-0.3, -0.25) is 0 Å². The zero-order valence-corrected chi connectivity index (χ0v) is 9.06. The average Bonchev–Trinajstić information content (AvgIpc) is 2.57. The van der Waals surface area contributed by atoms with E-state index in [1.54, 1.807) is 0 Å². The van der Waals surface area contributed by atoms with Gasteiger partial charge in [-0.15, -0.1) is 0 Å². The Hall–Kier alpha value is -1.63. The van der Waals surface area contributed by atoms with Gasteiger partial charge in [-0.2, -0.15) is 27.6 Å². The summed E-state index contributed by atoms with van der Waals surface area (Å²) in [7, 11) is 0. The van der Waals surface area contributed by atoms with E-state index in [2.05, 4.69) is 10.1 Å². The van der Waals surface area contributed by atoms with E-state index in [4.69, 9.17) is 11.6 Å². The second kappa shape index (κ2) is 3.99. The number of hydrogen-bond donors (Lipinski definition) is 0.